The molecule has 0 unspecified atom stereocenters. The second-order valence-corrected chi connectivity index (χ2v) is 5.25. The molecule has 124 valence electrons. The van der Waals surface area contributed by atoms with E-state index in [0.29, 0.717) is 22.3 Å². The Kier molecular flexibility index (Phi) is 7.75. The van der Waals surface area contributed by atoms with E-state index in [9.17, 15) is 14.4 Å². The third kappa shape index (κ3) is 6.92. The summed E-state index contributed by atoms with van der Waals surface area (Å²) in [6, 6.07) is 4.95. The first kappa shape index (κ1) is 18.6. The molecule has 1 aromatic carbocycles. The van der Waals surface area contributed by atoms with Gasteiger partial charge in [0, 0.05) is 6.54 Å². The van der Waals surface area contributed by atoms with Crippen LogP contribution in [0.3, 0.4) is 0 Å². The van der Waals surface area contributed by atoms with E-state index < -0.39 is 17.7 Å². The van der Waals surface area contributed by atoms with E-state index in [1.165, 1.54) is 6.21 Å². The number of primary amides is 1. The zero-order valence-corrected chi connectivity index (χ0v) is 14.1. The highest BCUT2D eigenvalue weighted by molar-refractivity contribution is 9.10. The Morgan fingerprint density at radius 1 is 1.35 bits per heavy atom. The molecule has 0 aliphatic carbocycles. The maximum atomic E-state index is 11.4. The van der Waals surface area contributed by atoms with Gasteiger partial charge in [0.05, 0.1) is 10.7 Å². The largest absolute Gasteiger partial charge is 0.483 e. The second kappa shape index (κ2) is 9.57. The predicted octanol–water partition coefficient (Wildman–Crippen LogP) is 0.290. The van der Waals surface area contributed by atoms with Crippen LogP contribution >= 0.6 is 15.9 Å². The van der Waals surface area contributed by atoms with E-state index in [1.807, 2.05) is 6.92 Å². The van der Waals surface area contributed by atoms with Crippen molar-refractivity contribution < 1.29 is 19.1 Å². The fraction of sp³-hybridized carbons (Fsp3) is 0.286. The van der Waals surface area contributed by atoms with Gasteiger partial charge < -0.3 is 15.8 Å². The summed E-state index contributed by atoms with van der Waals surface area (Å²) in [6.07, 6.45) is 2.11. The van der Waals surface area contributed by atoms with Gasteiger partial charge in [-0.1, -0.05) is 6.92 Å². The number of hydrogen-bond acceptors (Lipinski definition) is 5. The van der Waals surface area contributed by atoms with E-state index in [4.69, 9.17) is 10.5 Å². The quantitative estimate of drug-likeness (QED) is 0.355. The molecule has 0 aromatic heterocycles. The van der Waals surface area contributed by atoms with E-state index in [1.54, 1.807) is 18.2 Å². The van der Waals surface area contributed by atoms with Crippen LogP contribution in [0.2, 0.25) is 0 Å². The van der Waals surface area contributed by atoms with Crippen molar-refractivity contribution in [2.75, 3.05) is 13.2 Å². The van der Waals surface area contributed by atoms with Crippen molar-refractivity contribution in [3.8, 4) is 5.75 Å². The SMILES string of the molecule is CCCNC(=O)C(=O)N/N=C\c1ccc(OCC(N)=O)c(Br)c1. The zero-order valence-electron chi connectivity index (χ0n) is 12.5. The number of benzene rings is 1. The summed E-state index contributed by atoms with van der Waals surface area (Å²) >= 11 is 3.28. The fourth-order valence-corrected chi connectivity index (χ4v) is 1.91. The summed E-state index contributed by atoms with van der Waals surface area (Å²) in [5, 5.41) is 6.13. The standard InChI is InChI=1S/C14H17BrN4O4/c1-2-5-17-13(21)14(22)19-18-7-9-3-4-11(10(15)6-9)23-8-12(16)20/h3-4,6-7H,2,5,8H2,1H3,(H2,16,20)(H,17,21)(H,19,22)/b18-7-. The number of hydrazone groups is 1. The molecule has 0 atom stereocenters. The second-order valence-electron chi connectivity index (χ2n) is 4.40. The number of rotatable bonds is 7. The maximum absolute atomic E-state index is 11.4. The minimum absolute atomic E-state index is 0.227. The van der Waals surface area contributed by atoms with Gasteiger partial charge in [-0.15, -0.1) is 0 Å². The first-order valence-electron chi connectivity index (χ1n) is 6.76. The van der Waals surface area contributed by atoms with Crippen molar-refractivity contribution in [1.29, 1.82) is 0 Å². The fourth-order valence-electron chi connectivity index (χ4n) is 1.40. The maximum Gasteiger partial charge on any atom is 0.329 e. The first-order chi connectivity index (χ1) is 10.9. The molecule has 4 N–H and O–H groups in total. The Morgan fingerprint density at radius 2 is 2.09 bits per heavy atom. The lowest BCUT2D eigenvalue weighted by Gasteiger charge is -2.06. The number of amides is 3. The highest BCUT2D eigenvalue weighted by atomic mass is 79.9. The monoisotopic (exact) mass is 384 g/mol. The van der Waals surface area contributed by atoms with E-state index in [-0.39, 0.29) is 6.61 Å². The van der Waals surface area contributed by atoms with Crippen molar-refractivity contribution in [2.45, 2.75) is 13.3 Å². The third-order valence-electron chi connectivity index (χ3n) is 2.45. The molecule has 0 aliphatic rings. The number of ether oxygens (including phenoxy) is 1. The summed E-state index contributed by atoms with van der Waals surface area (Å²) in [6.45, 7) is 2.08. The van der Waals surface area contributed by atoms with Crippen LogP contribution in [0.15, 0.2) is 27.8 Å². The molecule has 23 heavy (non-hydrogen) atoms. The Bertz CT molecular complexity index is 619. The van der Waals surface area contributed by atoms with Crippen LogP contribution in [0.5, 0.6) is 5.75 Å². The van der Waals surface area contributed by atoms with Crippen LogP contribution in [-0.4, -0.2) is 37.1 Å². The minimum Gasteiger partial charge on any atom is -0.483 e. The number of carbonyl (C=O) groups is 3. The molecule has 0 fully saturated rings. The predicted molar refractivity (Wildman–Crippen MR) is 87.9 cm³/mol. The highest BCUT2D eigenvalue weighted by Crippen LogP contribution is 2.25. The topological polar surface area (TPSA) is 123 Å². The molecule has 1 rings (SSSR count). The van der Waals surface area contributed by atoms with Crippen LogP contribution in [0.4, 0.5) is 0 Å². The number of nitrogens with zero attached hydrogens (tertiary/aromatic N) is 1. The molecular weight excluding hydrogens is 368 g/mol. The average Bonchev–Trinajstić information content (AvgIpc) is 2.51. The van der Waals surface area contributed by atoms with Gasteiger partial charge in [0.15, 0.2) is 6.61 Å². The van der Waals surface area contributed by atoms with Crippen molar-refractivity contribution >= 4 is 39.9 Å². The molecule has 3 amide bonds. The van der Waals surface area contributed by atoms with Crippen LogP contribution in [0.25, 0.3) is 0 Å². The van der Waals surface area contributed by atoms with Crippen LogP contribution in [0.1, 0.15) is 18.9 Å². The van der Waals surface area contributed by atoms with Gasteiger partial charge in [0.1, 0.15) is 5.75 Å². The molecule has 0 heterocycles. The van der Waals surface area contributed by atoms with Crippen LogP contribution in [0, 0.1) is 0 Å². The highest BCUT2D eigenvalue weighted by Gasteiger charge is 2.10. The minimum atomic E-state index is -0.838. The molecule has 0 aliphatic heterocycles. The molecule has 0 saturated heterocycles. The zero-order chi connectivity index (χ0) is 17.2. The Balaban J connectivity index is 2.57. The number of carbonyl (C=O) groups excluding carboxylic acids is 3. The lowest BCUT2D eigenvalue weighted by atomic mass is 10.2. The van der Waals surface area contributed by atoms with Gasteiger partial charge in [-0.2, -0.15) is 5.10 Å². The van der Waals surface area contributed by atoms with E-state index in [0.717, 1.165) is 6.42 Å². The third-order valence-corrected chi connectivity index (χ3v) is 3.07. The molecule has 0 saturated carbocycles. The Labute approximate surface area is 141 Å². The molecule has 0 bridgehead atoms. The molecule has 9 heteroatoms. The molecule has 0 spiro atoms. The Hall–Kier alpha value is -2.42. The van der Waals surface area contributed by atoms with Crippen molar-refractivity contribution in [3.05, 3.63) is 28.2 Å². The smallest absolute Gasteiger partial charge is 0.329 e. The number of hydrogen-bond donors (Lipinski definition) is 3. The lowest BCUT2D eigenvalue weighted by molar-refractivity contribution is -0.139. The number of nitrogens with two attached hydrogens (primary N) is 1. The Morgan fingerprint density at radius 3 is 2.70 bits per heavy atom. The normalized spacial score (nSPS) is 10.3. The number of nitrogens with one attached hydrogen (secondary N) is 2. The van der Waals surface area contributed by atoms with Gasteiger partial charge in [-0.05, 0) is 46.1 Å². The molecule has 8 nitrogen and oxygen atoms in total. The van der Waals surface area contributed by atoms with E-state index in [2.05, 4.69) is 31.8 Å². The molecule has 0 radical (unpaired) electrons. The molecule has 1 aromatic rings. The summed E-state index contributed by atoms with van der Waals surface area (Å²) in [5.41, 5.74) is 7.77. The van der Waals surface area contributed by atoms with Gasteiger partial charge in [0.2, 0.25) is 0 Å². The summed E-state index contributed by atoms with van der Waals surface area (Å²) in [5.74, 6) is -1.70. The number of halogens is 1. The lowest BCUT2D eigenvalue weighted by Crippen LogP contribution is -2.38. The van der Waals surface area contributed by atoms with Crippen LogP contribution < -0.4 is 21.2 Å². The van der Waals surface area contributed by atoms with Crippen LogP contribution in [-0.2, 0) is 14.4 Å². The van der Waals surface area contributed by atoms with E-state index >= 15 is 0 Å². The summed E-state index contributed by atoms with van der Waals surface area (Å²) in [4.78, 5) is 33.4. The van der Waals surface area contributed by atoms with Crippen molar-refractivity contribution in [1.82, 2.24) is 10.7 Å². The first-order valence-corrected chi connectivity index (χ1v) is 7.55. The van der Waals surface area contributed by atoms with Gasteiger partial charge in [0.25, 0.3) is 5.91 Å². The van der Waals surface area contributed by atoms with Gasteiger partial charge in [-0.25, -0.2) is 5.43 Å². The van der Waals surface area contributed by atoms with Gasteiger partial charge >= 0.3 is 11.8 Å². The van der Waals surface area contributed by atoms with Crippen molar-refractivity contribution in [2.24, 2.45) is 10.8 Å². The van der Waals surface area contributed by atoms with Crippen molar-refractivity contribution in [3.63, 3.8) is 0 Å². The summed E-state index contributed by atoms with van der Waals surface area (Å²) < 4.78 is 5.77. The van der Waals surface area contributed by atoms with Gasteiger partial charge in [-0.3, -0.25) is 14.4 Å². The molecular formula is C14H17BrN4O4. The summed E-state index contributed by atoms with van der Waals surface area (Å²) in [7, 11) is 0. The average molecular weight is 385 g/mol.